The van der Waals surface area contributed by atoms with Crippen LogP contribution < -0.4 is 4.90 Å². The molecule has 0 radical (unpaired) electrons. The lowest BCUT2D eigenvalue weighted by Gasteiger charge is -2.22. The van der Waals surface area contributed by atoms with E-state index < -0.39 is 5.60 Å². The Morgan fingerprint density at radius 3 is 2.43 bits per heavy atom. The van der Waals surface area contributed by atoms with Crippen LogP contribution in [0, 0.1) is 0 Å². The van der Waals surface area contributed by atoms with Crippen molar-refractivity contribution in [1.82, 2.24) is 9.55 Å². The fourth-order valence-corrected chi connectivity index (χ4v) is 3.42. The fourth-order valence-electron chi connectivity index (χ4n) is 3.02. The highest BCUT2D eigenvalue weighted by Gasteiger charge is 2.16. The number of aryl methyl sites for hydroxylation is 2. The predicted octanol–water partition coefficient (Wildman–Crippen LogP) is 4.94. The summed E-state index contributed by atoms with van der Waals surface area (Å²) in [6.07, 6.45) is 1.83. The number of hydrogen-bond donors (Lipinski definition) is 0. The van der Waals surface area contributed by atoms with Gasteiger partial charge in [-0.1, -0.05) is 0 Å². The van der Waals surface area contributed by atoms with Crippen LogP contribution in [-0.4, -0.2) is 46.0 Å². The fraction of sp³-hybridized carbons (Fsp3) is 0.600. The molecule has 158 valence electrons. The van der Waals surface area contributed by atoms with Gasteiger partial charge in [0.25, 0.3) is 0 Å². The van der Waals surface area contributed by atoms with Crippen LogP contribution in [0.2, 0.25) is 0 Å². The summed E-state index contributed by atoms with van der Waals surface area (Å²) in [5, 5.41) is 0. The van der Waals surface area contributed by atoms with E-state index in [2.05, 4.69) is 27.7 Å². The summed E-state index contributed by atoms with van der Waals surface area (Å²) in [6.45, 7) is 7.13. The second kappa shape index (κ2) is 11.1. The lowest BCUT2D eigenvalue weighted by atomic mass is 10.2. The number of halogens is 3. The van der Waals surface area contributed by atoms with E-state index in [1.807, 2.05) is 27.8 Å². The van der Waals surface area contributed by atoms with E-state index in [9.17, 15) is 4.79 Å². The number of anilines is 1. The van der Waals surface area contributed by atoms with Crippen LogP contribution in [0.3, 0.4) is 0 Å². The first-order valence-electron chi connectivity index (χ1n) is 9.29. The monoisotopic (exact) mass is 449 g/mol. The Kier molecular flexibility index (Phi) is 9.88. The van der Waals surface area contributed by atoms with Gasteiger partial charge in [0.15, 0.2) is 0 Å². The molecule has 0 unspecified atom stereocenters. The molecule has 0 aliphatic carbocycles. The van der Waals surface area contributed by atoms with Crippen LogP contribution in [-0.2, 0) is 23.0 Å². The van der Waals surface area contributed by atoms with Crippen LogP contribution >= 0.6 is 35.6 Å². The van der Waals surface area contributed by atoms with Gasteiger partial charge in [-0.05, 0) is 45.4 Å². The van der Waals surface area contributed by atoms with Crippen LogP contribution in [0.5, 0.6) is 0 Å². The second-order valence-corrected chi connectivity index (χ2v) is 8.32. The lowest BCUT2D eigenvalue weighted by Crippen LogP contribution is -2.27. The highest BCUT2D eigenvalue weighted by atomic mass is 35.5. The molecular formula is C20H30Cl3N3O2. The molecule has 1 aromatic carbocycles. The van der Waals surface area contributed by atoms with Gasteiger partial charge < -0.3 is 14.2 Å². The molecule has 1 heterocycles. The Morgan fingerprint density at radius 1 is 1.21 bits per heavy atom. The molecule has 0 saturated carbocycles. The Hall–Kier alpha value is -1.17. The number of esters is 1. The van der Waals surface area contributed by atoms with Gasteiger partial charge in [0.05, 0.1) is 11.0 Å². The van der Waals surface area contributed by atoms with Crippen molar-refractivity contribution in [2.45, 2.75) is 45.6 Å². The van der Waals surface area contributed by atoms with E-state index in [0.717, 1.165) is 42.1 Å². The zero-order valence-electron chi connectivity index (χ0n) is 17.0. The number of benzene rings is 1. The number of alkyl halides is 2. The molecule has 8 heteroatoms. The Bertz CT molecular complexity index is 766. The maximum absolute atomic E-state index is 11.9. The predicted molar refractivity (Wildman–Crippen MR) is 120 cm³/mol. The smallest absolute Gasteiger partial charge is 0.306 e. The number of fused-ring (bicyclic) bond motifs is 1. The summed E-state index contributed by atoms with van der Waals surface area (Å²) >= 11 is 11.8. The number of ether oxygens (including phenoxy) is 1. The maximum atomic E-state index is 11.9. The van der Waals surface area contributed by atoms with Crippen molar-refractivity contribution in [3.05, 3.63) is 24.0 Å². The Morgan fingerprint density at radius 2 is 1.86 bits per heavy atom. The van der Waals surface area contributed by atoms with Gasteiger partial charge in [-0.15, -0.1) is 35.6 Å². The van der Waals surface area contributed by atoms with E-state index in [1.54, 1.807) is 0 Å². The first-order chi connectivity index (χ1) is 12.7. The number of nitrogens with zero attached hydrogens (tertiary/aromatic N) is 3. The molecule has 0 aliphatic rings. The van der Waals surface area contributed by atoms with Crippen LogP contribution in [0.15, 0.2) is 18.2 Å². The molecule has 0 bridgehead atoms. The zero-order valence-corrected chi connectivity index (χ0v) is 19.3. The molecule has 2 aromatic rings. The molecule has 0 atom stereocenters. The van der Waals surface area contributed by atoms with Crippen molar-refractivity contribution in [1.29, 1.82) is 0 Å². The summed E-state index contributed by atoms with van der Waals surface area (Å²) in [5.41, 5.74) is 2.64. The van der Waals surface area contributed by atoms with Crippen LogP contribution in [0.1, 0.15) is 39.4 Å². The van der Waals surface area contributed by atoms with Gasteiger partial charge >= 0.3 is 5.97 Å². The summed E-state index contributed by atoms with van der Waals surface area (Å²) in [6, 6.07) is 6.23. The van der Waals surface area contributed by atoms with Gasteiger partial charge in [-0.2, -0.15) is 0 Å². The minimum absolute atomic E-state index is 0. The third kappa shape index (κ3) is 7.02. The molecule has 28 heavy (non-hydrogen) atoms. The summed E-state index contributed by atoms with van der Waals surface area (Å²) < 4.78 is 7.44. The molecule has 0 amide bonds. The maximum Gasteiger partial charge on any atom is 0.306 e. The second-order valence-electron chi connectivity index (χ2n) is 7.57. The molecule has 1 aromatic heterocycles. The van der Waals surface area contributed by atoms with E-state index in [0.29, 0.717) is 24.6 Å². The SMILES string of the molecule is Cl.Cn1c(CCCC(=O)OC(C)(C)C)nc2cc(N(CCCl)CCCl)ccc21. The number of rotatable bonds is 9. The van der Waals surface area contributed by atoms with Crippen molar-refractivity contribution in [2.75, 3.05) is 29.7 Å². The van der Waals surface area contributed by atoms with Gasteiger partial charge in [0.1, 0.15) is 11.4 Å². The third-order valence-corrected chi connectivity index (χ3v) is 4.57. The summed E-state index contributed by atoms with van der Waals surface area (Å²) in [4.78, 5) is 18.8. The number of hydrogen-bond acceptors (Lipinski definition) is 4. The first kappa shape index (κ1) is 24.9. The molecule has 5 nitrogen and oxygen atoms in total. The average Bonchev–Trinajstić information content (AvgIpc) is 2.88. The quantitative estimate of drug-likeness (QED) is 0.401. The molecule has 2 rings (SSSR count). The van der Waals surface area contributed by atoms with Crippen molar-refractivity contribution in [3.8, 4) is 0 Å². The van der Waals surface area contributed by atoms with Crippen molar-refractivity contribution < 1.29 is 9.53 Å². The number of carbonyl (C=O) groups excluding carboxylic acids is 1. The molecular weight excluding hydrogens is 421 g/mol. The topological polar surface area (TPSA) is 47.4 Å². The van der Waals surface area contributed by atoms with Gasteiger partial charge in [0.2, 0.25) is 0 Å². The molecule has 0 spiro atoms. The summed E-state index contributed by atoms with van der Waals surface area (Å²) in [5.74, 6) is 1.90. The first-order valence-corrected chi connectivity index (χ1v) is 10.4. The molecule has 0 aliphatic heterocycles. The molecule has 0 N–H and O–H groups in total. The number of imidazole rings is 1. The third-order valence-electron chi connectivity index (χ3n) is 4.23. The summed E-state index contributed by atoms with van der Waals surface area (Å²) in [7, 11) is 2.01. The van der Waals surface area contributed by atoms with Gasteiger partial charge in [-0.25, -0.2) is 4.98 Å². The minimum atomic E-state index is -0.441. The number of aromatic nitrogens is 2. The van der Waals surface area contributed by atoms with E-state index in [-0.39, 0.29) is 18.4 Å². The van der Waals surface area contributed by atoms with Crippen LogP contribution in [0.25, 0.3) is 11.0 Å². The largest absolute Gasteiger partial charge is 0.460 e. The lowest BCUT2D eigenvalue weighted by molar-refractivity contribution is -0.154. The zero-order chi connectivity index (χ0) is 20.0. The standard InChI is InChI=1S/C20H29Cl2N3O2.ClH/c1-20(2,3)27-19(26)7-5-6-18-23-16-14-15(8-9-17(16)24(18)4)25(12-10-21)13-11-22;/h8-9,14H,5-7,10-13H2,1-4H3;1H. The van der Waals surface area contributed by atoms with Crippen molar-refractivity contribution in [3.63, 3.8) is 0 Å². The number of carbonyl (C=O) groups is 1. The molecule has 0 saturated heterocycles. The van der Waals surface area contributed by atoms with Gasteiger partial charge in [-0.3, -0.25) is 4.79 Å². The van der Waals surface area contributed by atoms with Crippen LogP contribution in [0.4, 0.5) is 5.69 Å². The Balaban J connectivity index is 0.00000392. The Labute approximate surface area is 183 Å². The highest BCUT2D eigenvalue weighted by molar-refractivity contribution is 6.18. The van der Waals surface area contributed by atoms with Crippen molar-refractivity contribution in [2.24, 2.45) is 7.05 Å². The van der Waals surface area contributed by atoms with E-state index >= 15 is 0 Å². The van der Waals surface area contributed by atoms with Gasteiger partial charge in [0, 0.05) is 50.4 Å². The minimum Gasteiger partial charge on any atom is -0.460 e. The van der Waals surface area contributed by atoms with E-state index in [4.69, 9.17) is 32.9 Å². The highest BCUT2D eigenvalue weighted by Crippen LogP contribution is 2.23. The van der Waals surface area contributed by atoms with Crippen molar-refractivity contribution >= 4 is 58.3 Å². The molecule has 0 fully saturated rings. The average molecular weight is 451 g/mol. The normalized spacial score (nSPS) is 11.4. The van der Waals surface area contributed by atoms with E-state index in [1.165, 1.54) is 0 Å².